The Morgan fingerprint density at radius 1 is 1.35 bits per heavy atom. The van der Waals surface area contributed by atoms with Crippen molar-refractivity contribution in [3.05, 3.63) is 28.8 Å². The highest BCUT2D eigenvalue weighted by Crippen LogP contribution is 2.43. The quantitative estimate of drug-likeness (QED) is 0.737. The number of hydrogen-bond donors (Lipinski definition) is 0. The maximum atomic E-state index is 5.84. The van der Waals surface area contributed by atoms with Crippen molar-refractivity contribution < 1.29 is 9.47 Å². The van der Waals surface area contributed by atoms with Crippen LogP contribution in [-0.4, -0.2) is 13.9 Å². The minimum Gasteiger partial charge on any atom is -0.467 e. The second-order valence-corrected chi connectivity index (χ2v) is 5.20. The van der Waals surface area contributed by atoms with Crippen LogP contribution < -0.4 is 4.74 Å². The molecule has 1 aromatic carbocycles. The van der Waals surface area contributed by atoms with Crippen LogP contribution in [0.15, 0.2) is 12.1 Å². The number of aryl methyl sites for hydroxylation is 1. The van der Waals surface area contributed by atoms with Crippen LogP contribution in [0, 0.1) is 0 Å². The number of ether oxygens (including phenoxy) is 2. The summed E-state index contributed by atoms with van der Waals surface area (Å²) in [5.41, 5.74) is 4.16. The lowest BCUT2D eigenvalue weighted by Crippen LogP contribution is -2.06. The molecule has 0 radical (unpaired) electrons. The van der Waals surface area contributed by atoms with Gasteiger partial charge in [-0.1, -0.05) is 32.9 Å². The number of fused-ring (bicyclic) bond motifs is 1. The molecule has 0 fully saturated rings. The summed E-state index contributed by atoms with van der Waals surface area (Å²) in [5, 5.41) is 0. The zero-order valence-electron chi connectivity index (χ0n) is 11.2. The van der Waals surface area contributed by atoms with Gasteiger partial charge in [-0.3, -0.25) is 0 Å². The third kappa shape index (κ3) is 2.32. The van der Waals surface area contributed by atoms with E-state index in [9.17, 15) is 0 Å². The molecule has 0 saturated heterocycles. The Morgan fingerprint density at radius 3 is 2.76 bits per heavy atom. The van der Waals surface area contributed by atoms with Gasteiger partial charge in [0.05, 0.1) is 0 Å². The van der Waals surface area contributed by atoms with Crippen LogP contribution in [0.3, 0.4) is 0 Å². The van der Waals surface area contributed by atoms with E-state index in [2.05, 4.69) is 32.9 Å². The Bertz CT molecular complexity index is 396. The number of rotatable bonds is 4. The van der Waals surface area contributed by atoms with Gasteiger partial charge in [0.15, 0.2) is 6.79 Å². The topological polar surface area (TPSA) is 18.5 Å². The molecule has 2 nitrogen and oxygen atoms in total. The molecule has 2 rings (SSSR count). The summed E-state index contributed by atoms with van der Waals surface area (Å²) in [5.74, 6) is 2.17. The second kappa shape index (κ2) is 5.09. The van der Waals surface area contributed by atoms with Crippen LogP contribution in [-0.2, 0) is 11.2 Å². The van der Waals surface area contributed by atoms with E-state index in [0.29, 0.717) is 18.6 Å². The molecule has 1 aromatic rings. The predicted octanol–water partition coefficient (Wildman–Crippen LogP) is 3.84. The van der Waals surface area contributed by atoms with Gasteiger partial charge in [-0.2, -0.15) is 0 Å². The lowest BCUT2D eigenvalue weighted by Gasteiger charge is -2.19. The highest BCUT2D eigenvalue weighted by Gasteiger charge is 2.25. The van der Waals surface area contributed by atoms with Gasteiger partial charge in [-0.25, -0.2) is 0 Å². The van der Waals surface area contributed by atoms with E-state index in [0.717, 1.165) is 5.75 Å². The summed E-state index contributed by atoms with van der Waals surface area (Å²) < 4.78 is 10.9. The summed E-state index contributed by atoms with van der Waals surface area (Å²) in [6, 6.07) is 4.49. The fraction of sp³-hybridized carbons (Fsp3) is 0.600. The van der Waals surface area contributed by atoms with E-state index in [-0.39, 0.29) is 0 Å². The molecule has 0 saturated carbocycles. The van der Waals surface area contributed by atoms with E-state index in [1.807, 2.05) is 0 Å². The molecule has 2 heteroatoms. The maximum absolute atomic E-state index is 5.84. The number of methoxy groups -OCH3 is 1. The smallest absolute Gasteiger partial charge is 0.188 e. The summed E-state index contributed by atoms with van der Waals surface area (Å²) in [6.07, 6.45) is 2.42. The predicted molar refractivity (Wildman–Crippen MR) is 69.8 cm³/mol. The van der Waals surface area contributed by atoms with Gasteiger partial charge >= 0.3 is 0 Å². The third-order valence-corrected chi connectivity index (χ3v) is 3.60. The molecule has 0 heterocycles. The first-order valence-corrected chi connectivity index (χ1v) is 6.42. The molecular formula is C15H22O2. The van der Waals surface area contributed by atoms with E-state index in [1.54, 1.807) is 7.11 Å². The van der Waals surface area contributed by atoms with E-state index >= 15 is 0 Å². The summed E-state index contributed by atoms with van der Waals surface area (Å²) >= 11 is 0. The molecule has 0 amide bonds. The van der Waals surface area contributed by atoms with Gasteiger partial charge in [-0.05, 0) is 35.8 Å². The summed E-state index contributed by atoms with van der Waals surface area (Å²) in [4.78, 5) is 0. The van der Waals surface area contributed by atoms with Crippen LogP contribution in [0.4, 0.5) is 0 Å². The molecule has 1 aliphatic rings. The minimum atomic E-state index is 0.336. The maximum Gasteiger partial charge on any atom is 0.188 e. The molecule has 0 aliphatic heterocycles. The second-order valence-electron chi connectivity index (χ2n) is 5.20. The van der Waals surface area contributed by atoms with Crippen molar-refractivity contribution in [2.24, 2.45) is 0 Å². The van der Waals surface area contributed by atoms with Crippen LogP contribution in [0.2, 0.25) is 0 Å². The average molecular weight is 234 g/mol. The number of hydrogen-bond acceptors (Lipinski definition) is 2. The molecule has 0 bridgehead atoms. The summed E-state index contributed by atoms with van der Waals surface area (Å²) in [6.45, 7) is 7.04. The molecule has 0 aromatic heterocycles. The first-order chi connectivity index (χ1) is 8.15. The average Bonchev–Trinajstić information content (AvgIpc) is 2.68. The third-order valence-electron chi connectivity index (χ3n) is 3.60. The fourth-order valence-electron chi connectivity index (χ4n) is 2.67. The van der Waals surface area contributed by atoms with E-state index < -0.39 is 0 Å². The SMILES string of the molecule is COCOc1c(C(C)C)ccc2c1C(C)CC2. The van der Waals surface area contributed by atoms with Gasteiger partial charge in [0.2, 0.25) is 0 Å². The van der Waals surface area contributed by atoms with E-state index in [1.165, 1.54) is 29.5 Å². The molecule has 17 heavy (non-hydrogen) atoms. The Hall–Kier alpha value is -1.02. The van der Waals surface area contributed by atoms with Crippen molar-refractivity contribution in [1.29, 1.82) is 0 Å². The number of benzene rings is 1. The Labute approximate surface area is 104 Å². The molecule has 1 aliphatic carbocycles. The van der Waals surface area contributed by atoms with Crippen LogP contribution in [0.25, 0.3) is 0 Å². The molecular weight excluding hydrogens is 212 g/mol. The highest BCUT2D eigenvalue weighted by molar-refractivity contribution is 5.51. The fourth-order valence-corrected chi connectivity index (χ4v) is 2.67. The Balaban J connectivity index is 2.45. The largest absolute Gasteiger partial charge is 0.467 e. The van der Waals surface area contributed by atoms with Gasteiger partial charge in [0, 0.05) is 12.7 Å². The highest BCUT2D eigenvalue weighted by atomic mass is 16.7. The van der Waals surface area contributed by atoms with Crippen molar-refractivity contribution in [1.82, 2.24) is 0 Å². The zero-order chi connectivity index (χ0) is 12.4. The first-order valence-electron chi connectivity index (χ1n) is 6.42. The monoisotopic (exact) mass is 234 g/mol. The first kappa shape index (κ1) is 12.4. The Kier molecular flexibility index (Phi) is 3.72. The van der Waals surface area contributed by atoms with E-state index in [4.69, 9.17) is 9.47 Å². The van der Waals surface area contributed by atoms with Crippen LogP contribution >= 0.6 is 0 Å². The van der Waals surface area contributed by atoms with Crippen LogP contribution in [0.5, 0.6) is 5.75 Å². The van der Waals surface area contributed by atoms with Crippen molar-refractivity contribution in [2.45, 2.75) is 45.4 Å². The minimum absolute atomic E-state index is 0.336. The van der Waals surface area contributed by atoms with Crippen LogP contribution in [0.1, 0.15) is 55.7 Å². The van der Waals surface area contributed by atoms with Crippen molar-refractivity contribution in [3.63, 3.8) is 0 Å². The lowest BCUT2D eigenvalue weighted by molar-refractivity contribution is 0.0494. The lowest BCUT2D eigenvalue weighted by atomic mass is 9.94. The Morgan fingerprint density at radius 2 is 2.12 bits per heavy atom. The van der Waals surface area contributed by atoms with Crippen molar-refractivity contribution in [3.8, 4) is 5.75 Å². The normalized spacial score (nSPS) is 18.5. The van der Waals surface area contributed by atoms with Gasteiger partial charge in [-0.15, -0.1) is 0 Å². The standard InChI is InChI=1S/C15H22O2/c1-10(2)13-8-7-12-6-5-11(3)14(12)15(13)17-9-16-4/h7-8,10-11H,5-6,9H2,1-4H3. The van der Waals surface area contributed by atoms with Gasteiger partial charge < -0.3 is 9.47 Å². The summed E-state index contributed by atoms with van der Waals surface area (Å²) in [7, 11) is 1.67. The molecule has 1 unspecified atom stereocenters. The van der Waals surface area contributed by atoms with Crippen molar-refractivity contribution in [2.75, 3.05) is 13.9 Å². The zero-order valence-corrected chi connectivity index (χ0v) is 11.2. The molecule has 94 valence electrons. The molecule has 1 atom stereocenters. The molecule has 0 N–H and O–H groups in total. The van der Waals surface area contributed by atoms with Crippen molar-refractivity contribution >= 4 is 0 Å². The molecule has 0 spiro atoms. The van der Waals surface area contributed by atoms with Gasteiger partial charge in [0.1, 0.15) is 5.75 Å². The van der Waals surface area contributed by atoms with Gasteiger partial charge in [0.25, 0.3) is 0 Å².